The van der Waals surface area contributed by atoms with Gasteiger partial charge < -0.3 is 15.7 Å². The van der Waals surface area contributed by atoms with E-state index >= 15 is 0 Å². The van der Waals surface area contributed by atoms with Crippen LogP contribution in [0.5, 0.6) is 0 Å². The fraction of sp³-hybridized carbons (Fsp3) is 0.857. The molecule has 1 aliphatic carbocycles. The van der Waals surface area contributed by atoms with Crippen LogP contribution in [0.25, 0.3) is 0 Å². The zero-order valence-corrected chi connectivity index (χ0v) is 11.9. The van der Waals surface area contributed by atoms with Gasteiger partial charge in [0.2, 0.25) is 0 Å². The molecule has 3 N–H and O–H groups in total. The summed E-state index contributed by atoms with van der Waals surface area (Å²) in [6, 6.07) is 0.156. The van der Waals surface area contributed by atoms with E-state index in [1.54, 1.807) is 0 Å². The molecule has 1 aliphatic rings. The van der Waals surface area contributed by atoms with Gasteiger partial charge in [-0.3, -0.25) is 4.79 Å². The van der Waals surface area contributed by atoms with Crippen LogP contribution in [0.1, 0.15) is 52.4 Å². The monoisotopic (exact) mass is 270 g/mol. The number of carboxylic acids is 1. The standard InChI is InChI=1S/C14H26N2O3/c1-10(7-8-13(17)18)9-15-14(19)16-12-6-4-3-5-11(12)2/h10-12H,3-9H2,1-2H3,(H,17,18)(H2,15,16,19). The van der Waals surface area contributed by atoms with E-state index in [0.717, 1.165) is 6.42 Å². The first-order valence-corrected chi connectivity index (χ1v) is 7.25. The molecule has 0 heterocycles. The summed E-state index contributed by atoms with van der Waals surface area (Å²) < 4.78 is 0. The largest absolute Gasteiger partial charge is 0.481 e. The number of urea groups is 1. The normalized spacial score (nSPS) is 24.5. The van der Waals surface area contributed by atoms with Gasteiger partial charge in [-0.25, -0.2) is 4.79 Å². The maximum Gasteiger partial charge on any atom is 0.315 e. The third-order valence-corrected chi connectivity index (χ3v) is 3.89. The molecule has 0 spiro atoms. The molecule has 0 aromatic rings. The molecule has 3 atom stereocenters. The van der Waals surface area contributed by atoms with E-state index in [2.05, 4.69) is 17.6 Å². The van der Waals surface area contributed by atoms with Crippen LogP contribution in [0, 0.1) is 11.8 Å². The average molecular weight is 270 g/mol. The van der Waals surface area contributed by atoms with Crippen LogP contribution in [0.15, 0.2) is 0 Å². The lowest BCUT2D eigenvalue weighted by molar-refractivity contribution is -0.137. The van der Waals surface area contributed by atoms with Crippen molar-refractivity contribution in [2.75, 3.05) is 6.54 Å². The summed E-state index contributed by atoms with van der Waals surface area (Å²) in [7, 11) is 0. The molecular weight excluding hydrogens is 244 g/mol. The number of hydrogen-bond donors (Lipinski definition) is 3. The first-order chi connectivity index (χ1) is 8.99. The van der Waals surface area contributed by atoms with E-state index in [4.69, 9.17) is 5.11 Å². The highest BCUT2D eigenvalue weighted by Crippen LogP contribution is 2.23. The van der Waals surface area contributed by atoms with Crippen LogP contribution in [-0.2, 0) is 4.79 Å². The van der Waals surface area contributed by atoms with Gasteiger partial charge in [0.15, 0.2) is 0 Å². The van der Waals surface area contributed by atoms with Gasteiger partial charge in [-0.1, -0.05) is 26.7 Å². The Hall–Kier alpha value is -1.26. The van der Waals surface area contributed by atoms with E-state index in [9.17, 15) is 9.59 Å². The van der Waals surface area contributed by atoms with Crippen molar-refractivity contribution in [3.8, 4) is 0 Å². The van der Waals surface area contributed by atoms with E-state index in [-0.39, 0.29) is 24.4 Å². The van der Waals surface area contributed by atoms with Crippen LogP contribution < -0.4 is 10.6 Å². The minimum absolute atomic E-state index is 0.124. The van der Waals surface area contributed by atoms with Crippen molar-refractivity contribution in [2.45, 2.75) is 58.4 Å². The molecule has 0 radical (unpaired) electrons. The smallest absolute Gasteiger partial charge is 0.315 e. The summed E-state index contributed by atoms with van der Waals surface area (Å²) in [4.78, 5) is 22.2. The van der Waals surface area contributed by atoms with E-state index < -0.39 is 5.97 Å². The molecule has 5 heteroatoms. The molecule has 0 aromatic carbocycles. The zero-order valence-electron chi connectivity index (χ0n) is 11.9. The zero-order chi connectivity index (χ0) is 14.3. The Bertz CT molecular complexity index is 307. The number of rotatable bonds is 6. The Labute approximate surface area is 115 Å². The van der Waals surface area contributed by atoms with Crippen LogP contribution in [-0.4, -0.2) is 29.7 Å². The maximum absolute atomic E-state index is 11.8. The quantitative estimate of drug-likeness (QED) is 0.693. The lowest BCUT2D eigenvalue weighted by atomic mass is 9.86. The number of amides is 2. The molecule has 0 bridgehead atoms. The van der Waals surface area contributed by atoms with Crippen molar-refractivity contribution in [3.05, 3.63) is 0 Å². The molecule has 0 aromatic heterocycles. The predicted octanol–water partition coefficient (Wildman–Crippen LogP) is 2.37. The highest BCUT2D eigenvalue weighted by atomic mass is 16.4. The molecule has 5 nitrogen and oxygen atoms in total. The molecular formula is C14H26N2O3. The maximum atomic E-state index is 11.8. The summed E-state index contributed by atoms with van der Waals surface area (Å²) in [6.45, 7) is 4.66. The lowest BCUT2D eigenvalue weighted by Gasteiger charge is -2.29. The summed E-state index contributed by atoms with van der Waals surface area (Å²) in [6.07, 6.45) is 5.43. The summed E-state index contributed by atoms with van der Waals surface area (Å²) in [5.41, 5.74) is 0. The number of nitrogens with one attached hydrogen (secondary N) is 2. The highest BCUT2D eigenvalue weighted by Gasteiger charge is 2.22. The number of hydrogen-bond acceptors (Lipinski definition) is 2. The van der Waals surface area contributed by atoms with Crippen molar-refractivity contribution in [1.29, 1.82) is 0 Å². The molecule has 2 amide bonds. The van der Waals surface area contributed by atoms with Gasteiger partial charge >= 0.3 is 12.0 Å². The number of carbonyl (C=O) groups excluding carboxylic acids is 1. The highest BCUT2D eigenvalue weighted by molar-refractivity contribution is 5.74. The second kappa shape index (κ2) is 8.02. The Morgan fingerprint density at radius 3 is 2.63 bits per heavy atom. The fourth-order valence-electron chi connectivity index (χ4n) is 2.49. The topological polar surface area (TPSA) is 78.4 Å². The lowest BCUT2D eigenvalue weighted by Crippen LogP contribution is -2.47. The number of carbonyl (C=O) groups is 2. The molecule has 19 heavy (non-hydrogen) atoms. The average Bonchev–Trinajstić information content (AvgIpc) is 2.36. The van der Waals surface area contributed by atoms with Gasteiger partial charge in [0, 0.05) is 19.0 Å². The molecule has 3 unspecified atom stereocenters. The number of aliphatic carboxylic acids is 1. The van der Waals surface area contributed by atoms with Gasteiger partial charge in [0.25, 0.3) is 0 Å². The third-order valence-electron chi connectivity index (χ3n) is 3.89. The SMILES string of the molecule is CC(CCC(=O)O)CNC(=O)NC1CCCCC1C. The Kier molecular flexibility index (Phi) is 6.67. The molecule has 0 saturated heterocycles. The summed E-state index contributed by atoms with van der Waals surface area (Å²) in [5, 5.41) is 14.4. The molecule has 0 aliphatic heterocycles. The van der Waals surface area contributed by atoms with Gasteiger partial charge in [0.1, 0.15) is 0 Å². The van der Waals surface area contributed by atoms with Crippen LogP contribution in [0.2, 0.25) is 0 Å². The minimum atomic E-state index is -0.785. The van der Waals surface area contributed by atoms with Crippen molar-refractivity contribution < 1.29 is 14.7 Å². The Morgan fingerprint density at radius 2 is 2.00 bits per heavy atom. The van der Waals surface area contributed by atoms with Crippen LogP contribution >= 0.6 is 0 Å². The molecule has 1 saturated carbocycles. The van der Waals surface area contributed by atoms with Crippen molar-refractivity contribution in [2.24, 2.45) is 11.8 Å². The van der Waals surface area contributed by atoms with Gasteiger partial charge in [-0.15, -0.1) is 0 Å². The fourth-order valence-corrected chi connectivity index (χ4v) is 2.49. The number of carboxylic acid groups (broad SMARTS) is 1. The Morgan fingerprint density at radius 1 is 1.32 bits per heavy atom. The van der Waals surface area contributed by atoms with Crippen LogP contribution in [0.3, 0.4) is 0 Å². The van der Waals surface area contributed by atoms with E-state index in [0.29, 0.717) is 18.9 Å². The van der Waals surface area contributed by atoms with E-state index in [1.807, 2.05) is 6.92 Å². The van der Waals surface area contributed by atoms with Crippen molar-refractivity contribution >= 4 is 12.0 Å². The third kappa shape index (κ3) is 6.45. The predicted molar refractivity (Wildman–Crippen MR) is 74.0 cm³/mol. The molecule has 1 rings (SSSR count). The van der Waals surface area contributed by atoms with E-state index in [1.165, 1.54) is 19.3 Å². The van der Waals surface area contributed by atoms with Gasteiger partial charge in [-0.2, -0.15) is 0 Å². The first kappa shape index (κ1) is 15.8. The second-order valence-corrected chi connectivity index (χ2v) is 5.76. The second-order valence-electron chi connectivity index (χ2n) is 5.76. The van der Waals surface area contributed by atoms with Crippen LogP contribution in [0.4, 0.5) is 4.79 Å². The Balaban J connectivity index is 2.18. The summed E-state index contributed by atoms with van der Waals surface area (Å²) >= 11 is 0. The van der Waals surface area contributed by atoms with Crippen molar-refractivity contribution in [1.82, 2.24) is 10.6 Å². The molecule has 110 valence electrons. The summed E-state index contributed by atoms with van der Waals surface area (Å²) in [5.74, 6) is -0.0538. The van der Waals surface area contributed by atoms with Crippen molar-refractivity contribution in [3.63, 3.8) is 0 Å². The van der Waals surface area contributed by atoms with Gasteiger partial charge in [0.05, 0.1) is 0 Å². The first-order valence-electron chi connectivity index (χ1n) is 7.25. The minimum Gasteiger partial charge on any atom is -0.481 e. The molecule has 1 fully saturated rings. The van der Waals surface area contributed by atoms with Gasteiger partial charge in [-0.05, 0) is 31.1 Å².